The number of nitrogens with one attached hydrogen (secondary N) is 1. The van der Waals surface area contributed by atoms with Crippen molar-refractivity contribution in [2.45, 2.75) is 51.6 Å². The van der Waals surface area contributed by atoms with Gasteiger partial charge in [0.15, 0.2) is 5.82 Å². The summed E-state index contributed by atoms with van der Waals surface area (Å²) in [5, 5.41) is 4.36. The first-order valence-electron chi connectivity index (χ1n) is 7.85. The van der Waals surface area contributed by atoms with Crippen LogP contribution in [0.5, 0.6) is 0 Å². The zero-order chi connectivity index (χ0) is 14.9. The summed E-state index contributed by atoms with van der Waals surface area (Å²) in [7, 11) is 1.93. The molecular weight excluding hydrogens is 282 g/mol. The zero-order valence-corrected chi connectivity index (χ0v) is 13.8. The Balaban J connectivity index is 2.13. The number of fused-ring (bicyclic) bond motifs is 1. The maximum absolute atomic E-state index is 6.11. The van der Waals surface area contributed by atoms with E-state index in [2.05, 4.69) is 25.2 Å². The number of aromatic nitrogens is 2. The van der Waals surface area contributed by atoms with E-state index >= 15 is 0 Å². The second-order valence-electron chi connectivity index (χ2n) is 5.57. The Bertz CT molecular complexity index is 632. The monoisotopic (exact) mass is 305 g/mol. The highest BCUT2D eigenvalue weighted by atomic mass is 32.1. The number of thiophene rings is 1. The van der Waals surface area contributed by atoms with Crippen LogP contribution >= 0.6 is 11.3 Å². The van der Waals surface area contributed by atoms with Crippen LogP contribution in [0.1, 0.15) is 50.2 Å². The maximum atomic E-state index is 6.11. The van der Waals surface area contributed by atoms with Crippen LogP contribution in [0.4, 0.5) is 5.82 Å². The molecule has 2 aromatic rings. The van der Waals surface area contributed by atoms with Gasteiger partial charge in [0.1, 0.15) is 16.2 Å². The SMILES string of the molecule is CCOC1(c2nc(NC)c3cc(CC)sc3n2)CCCC1. The largest absolute Gasteiger partial charge is 0.372 e. The van der Waals surface area contributed by atoms with Crippen molar-refractivity contribution in [1.29, 1.82) is 0 Å². The lowest BCUT2D eigenvalue weighted by Crippen LogP contribution is -2.29. The summed E-state index contributed by atoms with van der Waals surface area (Å²) in [5.74, 6) is 1.79. The van der Waals surface area contributed by atoms with Crippen LogP contribution in [0.15, 0.2) is 6.07 Å². The lowest BCUT2D eigenvalue weighted by atomic mass is 10.0. The predicted octanol–water partition coefficient (Wildman–Crippen LogP) is 4.10. The first kappa shape index (κ1) is 14.7. The van der Waals surface area contributed by atoms with E-state index in [9.17, 15) is 0 Å². The zero-order valence-electron chi connectivity index (χ0n) is 13.0. The topological polar surface area (TPSA) is 47.0 Å². The molecule has 0 bridgehead atoms. The third-order valence-electron chi connectivity index (χ3n) is 4.27. The Morgan fingerprint density at radius 1 is 1.29 bits per heavy atom. The Kier molecular flexibility index (Phi) is 4.13. The first-order valence-corrected chi connectivity index (χ1v) is 8.66. The summed E-state index contributed by atoms with van der Waals surface area (Å²) >= 11 is 1.77. The third-order valence-corrected chi connectivity index (χ3v) is 5.44. The van der Waals surface area contributed by atoms with Crippen LogP contribution in [0.2, 0.25) is 0 Å². The number of anilines is 1. The van der Waals surface area contributed by atoms with Crippen LogP contribution < -0.4 is 5.32 Å². The number of aryl methyl sites for hydroxylation is 1. The number of ether oxygens (including phenoxy) is 1. The number of hydrogen-bond acceptors (Lipinski definition) is 5. The predicted molar refractivity (Wildman–Crippen MR) is 88.1 cm³/mol. The molecule has 1 saturated carbocycles. The maximum Gasteiger partial charge on any atom is 0.164 e. The molecule has 0 spiro atoms. The molecule has 1 fully saturated rings. The number of nitrogens with zero attached hydrogens (tertiary/aromatic N) is 2. The summed E-state index contributed by atoms with van der Waals surface area (Å²) in [5.41, 5.74) is -0.273. The van der Waals surface area contributed by atoms with E-state index in [1.54, 1.807) is 11.3 Å². The standard InChI is InChI=1S/C16H23N3OS/c1-4-11-10-12-13(17-3)18-15(19-14(12)21-11)16(20-5-2)8-6-7-9-16/h10H,4-9H2,1-3H3,(H,17,18,19). The molecule has 1 N–H and O–H groups in total. The molecule has 5 heteroatoms. The van der Waals surface area contributed by atoms with Crippen molar-refractivity contribution in [2.24, 2.45) is 0 Å². The van der Waals surface area contributed by atoms with Crippen LogP contribution in [0.25, 0.3) is 10.2 Å². The first-order chi connectivity index (χ1) is 10.2. The Labute approximate surface area is 129 Å². The summed E-state index contributed by atoms with van der Waals surface area (Å²) in [6.07, 6.45) is 5.49. The van der Waals surface area contributed by atoms with E-state index in [0.717, 1.165) is 41.1 Å². The van der Waals surface area contributed by atoms with Gasteiger partial charge in [0, 0.05) is 18.5 Å². The molecule has 0 saturated heterocycles. The van der Waals surface area contributed by atoms with Crippen LogP contribution in [0.3, 0.4) is 0 Å². The van der Waals surface area contributed by atoms with Crippen molar-refractivity contribution < 1.29 is 4.74 Å². The molecule has 114 valence electrons. The molecule has 0 amide bonds. The summed E-state index contributed by atoms with van der Waals surface area (Å²) in [4.78, 5) is 12.1. The summed E-state index contributed by atoms with van der Waals surface area (Å²) in [6.45, 7) is 4.94. The van der Waals surface area contributed by atoms with Gasteiger partial charge in [0.2, 0.25) is 0 Å². The highest BCUT2D eigenvalue weighted by molar-refractivity contribution is 7.18. The third kappa shape index (κ3) is 2.53. The van der Waals surface area contributed by atoms with Gasteiger partial charge in [-0.1, -0.05) is 6.92 Å². The van der Waals surface area contributed by atoms with Gasteiger partial charge < -0.3 is 10.1 Å². The van der Waals surface area contributed by atoms with Crippen molar-refractivity contribution >= 4 is 27.4 Å². The molecule has 0 atom stereocenters. The highest BCUT2D eigenvalue weighted by Gasteiger charge is 2.39. The minimum atomic E-state index is -0.273. The van der Waals surface area contributed by atoms with Gasteiger partial charge in [0.25, 0.3) is 0 Å². The fourth-order valence-electron chi connectivity index (χ4n) is 3.19. The fraction of sp³-hybridized carbons (Fsp3) is 0.625. The van der Waals surface area contributed by atoms with Crippen LogP contribution in [-0.2, 0) is 16.8 Å². The molecule has 3 rings (SSSR count). The van der Waals surface area contributed by atoms with Gasteiger partial charge in [-0.15, -0.1) is 11.3 Å². The van der Waals surface area contributed by atoms with E-state index in [0.29, 0.717) is 6.61 Å². The molecule has 0 aliphatic heterocycles. The molecule has 4 nitrogen and oxygen atoms in total. The van der Waals surface area contributed by atoms with Gasteiger partial charge in [-0.05, 0) is 45.1 Å². The minimum Gasteiger partial charge on any atom is -0.372 e. The van der Waals surface area contributed by atoms with E-state index in [1.807, 2.05) is 7.05 Å². The van der Waals surface area contributed by atoms with Gasteiger partial charge in [0.05, 0.1) is 5.39 Å². The second kappa shape index (κ2) is 5.89. The van der Waals surface area contributed by atoms with Crippen LogP contribution in [-0.4, -0.2) is 23.6 Å². The minimum absolute atomic E-state index is 0.273. The van der Waals surface area contributed by atoms with Crippen molar-refractivity contribution in [2.75, 3.05) is 19.0 Å². The van der Waals surface area contributed by atoms with Gasteiger partial charge in [-0.25, -0.2) is 9.97 Å². The van der Waals surface area contributed by atoms with Crippen molar-refractivity contribution in [3.05, 3.63) is 16.8 Å². The average molecular weight is 305 g/mol. The van der Waals surface area contributed by atoms with Crippen molar-refractivity contribution in [3.8, 4) is 0 Å². The molecule has 21 heavy (non-hydrogen) atoms. The lowest BCUT2D eigenvalue weighted by molar-refractivity contribution is -0.0453. The summed E-state index contributed by atoms with van der Waals surface area (Å²) < 4.78 is 6.11. The molecule has 0 aromatic carbocycles. The highest BCUT2D eigenvalue weighted by Crippen LogP contribution is 2.42. The fourth-order valence-corrected chi connectivity index (χ4v) is 4.16. The quantitative estimate of drug-likeness (QED) is 0.903. The number of rotatable bonds is 5. The molecule has 0 radical (unpaired) electrons. The number of hydrogen-bond donors (Lipinski definition) is 1. The molecule has 2 heterocycles. The average Bonchev–Trinajstić information content (AvgIpc) is 3.13. The molecular formula is C16H23N3OS. The normalized spacial score (nSPS) is 17.5. The lowest BCUT2D eigenvalue weighted by Gasteiger charge is -2.27. The van der Waals surface area contributed by atoms with Gasteiger partial charge >= 0.3 is 0 Å². The smallest absolute Gasteiger partial charge is 0.164 e. The van der Waals surface area contributed by atoms with Gasteiger partial charge in [-0.2, -0.15) is 0 Å². The summed E-state index contributed by atoms with van der Waals surface area (Å²) in [6, 6.07) is 2.21. The van der Waals surface area contributed by atoms with Crippen molar-refractivity contribution in [3.63, 3.8) is 0 Å². The Hall–Kier alpha value is -1.20. The molecule has 0 unspecified atom stereocenters. The molecule has 2 aromatic heterocycles. The Morgan fingerprint density at radius 3 is 2.67 bits per heavy atom. The van der Waals surface area contributed by atoms with E-state index < -0.39 is 0 Å². The second-order valence-corrected chi connectivity index (χ2v) is 6.68. The van der Waals surface area contributed by atoms with Crippen LogP contribution in [0, 0.1) is 0 Å². The van der Waals surface area contributed by atoms with Gasteiger partial charge in [-0.3, -0.25) is 0 Å². The van der Waals surface area contributed by atoms with E-state index in [1.165, 1.54) is 17.7 Å². The van der Waals surface area contributed by atoms with E-state index in [4.69, 9.17) is 14.7 Å². The van der Waals surface area contributed by atoms with E-state index in [-0.39, 0.29) is 5.60 Å². The molecule has 1 aliphatic rings. The van der Waals surface area contributed by atoms with Crippen molar-refractivity contribution in [1.82, 2.24) is 9.97 Å². The Morgan fingerprint density at radius 2 is 2.05 bits per heavy atom. The molecule has 1 aliphatic carbocycles.